The van der Waals surface area contributed by atoms with Gasteiger partial charge in [0.15, 0.2) is 0 Å². The fourth-order valence-corrected chi connectivity index (χ4v) is 3.27. The number of nitrogens with one attached hydrogen (secondary N) is 1. The summed E-state index contributed by atoms with van der Waals surface area (Å²) in [6.45, 7) is 1.83. The molecule has 0 radical (unpaired) electrons. The second-order valence-corrected chi connectivity index (χ2v) is 6.66. The molecule has 1 fully saturated rings. The summed E-state index contributed by atoms with van der Waals surface area (Å²) in [5, 5.41) is 11.4. The molecule has 3 aromatic rings. The van der Waals surface area contributed by atoms with E-state index in [4.69, 9.17) is 9.15 Å². The average Bonchev–Trinajstić information content (AvgIpc) is 3.44. The highest BCUT2D eigenvalue weighted by molar-refractivity contribution is 5.94. The maximum absolute atomic E-state index is 12.8. The van der Waals surface area contributed by atoms with E-state index in [2.05, 4.69) is 20.4 Å². The largest absolute Gasteiger partial charge is 0.497 e. The number of aromatic nitrogens is 2. The summed E-state index contributed by atoms with van der Waals surface area (Å²) in [6.07, 6.45) is 2.24. The topological polar surface area (TPSA) is 80.5 Å². The molecular formula is C21H22N4O3. The molecule has 1 aliphatic rings. The van der Waals surface area contributed by atoms with Crippen molar-refractivity contribution in [3.05, 3.63) is 71.6 Å². The van der Waals surface area contributed by atoms with Gasteiger partial charge in [-0.15, -0.1) is 5.10 Å². The number of amides is 1. The van der Waals surface area contributed by atoms with Crippen LogP contribution in [0, 0.1) is 0 Å². The van der Waals surface area contributed by atoms with Crippen LogP contribution >= 0.6 is 0 Å². The van der Waals surface area contributed by atoms with Gasteiger partial charge in [-0.2, -0.15) is 0 Å². The molecule has 1 atom stereocenters. The van der Waals surface area contributed by atoms with Gasteiger partial charge in [-0.25, -0.2) is 0 Å². The van der Waals surface area contributed by atoms with Crippen molar-refractivity contribution in [3.8, 4) is 5.75 Å². The van der Waals surface area contributed by atoms with Crippen LogP contribution in [0.25, 0.3) is 0 Å². The molecule has 0 unspecified atom stereocenters. The van der Waals surface area contributed by atoms with Crippen LogP contribution in [0.15, 0.2) is 59.0 Å². The predicted octanol–water partition coefficient (Wildman–Crippen LogP) is 3.20. The predicted molar refractivity (Wildman–Crippen MR) is 104 cm³/mol. The van der Waals surface area contributed by atoms with Gasteiger partial charge in [0.1, 0.15) is 11.8 Å². The van der Waals surface area contributed by atoms with E-state index >= 15 is 0 Å². The first-order valence-corrected chi connectivity index (χ1v) is 9.33. The normalized spacial score (nSPS) is 14.7. The highest BCUT2D eigenvalue weighted by Crippen LogP contribution is 2.26. The van der Waals surface area contributed by atoms with Crippen molar-refractivity contribution < 1.29 is 13.9 Å². The quantitative estimate of drug-likeness (QED) is 0.709. The molecule has 0 spiro atoms. The number of hydrogen-bond acceptors (Lipinski definition) is 6. The van der Waals surface area contributed by atoms with Crippen molar-refractivity contribution in [2.45, 2.75) is 18.9 Å². The van der Waals surface area contributed by atoms with Crippen LogP contribution < -0.4 is 15.0 Å². The Kier molecular flexibility index (Phi) is 5.23. The lowest BCUT2D eigenvalue weighted by molar-refractivity contribution is 0.0938. The average molecular weight is 378 g/mol. The number of nitrogens with zero attached hydrogens (tertiary/aromatic N) is 3. The molecule has 0 aliphatic carbocycles. The summed E-state index contributed by atoms with van der Waals surface area (Å²) in [6, 6.07) is 16.5. The number of carbonyl (C=O) groups excluding carboxylic acids is 1. The van der Waals surface area contributed by atoms with Gasteiger partial charge in [0.05, 0.1) is 7.11 Å². The van der Waals surface area contributed by atoms with Crippen molar-refractivity contribution in [1.29, 1.82) is 0 Å². The fraction of sp³-hybridized carbons (Fsp3) is 0.286. The Labute approximate surface area is 163 Å². The Morgan fingerprint density at radius 1 is 1.07 bits per heavy atom. The molecule has 4 rings (SSSR count). The Hall–Kier alpha value is -3.35. The summed E-state index contributed by atoms with van der Waals surface area (Å²) in [7, 11) is 1.59. The molecule has 7 heteroatoms. The van der Waals surface area contributed by atoms with Gasteiger partial charge in [-0.3, -0.25) is 4.79 Å². The first kappa shape index (κ1) is 18.0. The van der Waals surface area contributed by atoms with E-state index in [0.717, 1.165) is 31.5 Å². The smallest absolute Gasteiger partial charge is 0.318 e. The molecule has 28 heavy (non-hydrogen) atoms. The lowest BCUT2D eigenvalue weighted by Gasteiger charge is -2.16. The van der Waals surface area contributed by atoms with Crippen LogP contribution in [-0.2, 0) is 0 Å². The van der Waals surface area contributed by atoms with E-state index in [1.54, 1.807) is 31.4 Å². The summed E-state index contributed by atoms with van der Waals surface area (Å²) < 4.78 is 11.1. The van der Waals surface area contributed by atoms with E-state index in [9.17, 15) is 4.79 Å². The Morgan fingerprint density at radius 3 is 2.46 bits per heavy atom. The van der Waals surface area contributed by atoms with E-state index in [-0.39, 0.29) is 5.91 Å². The molecule has 0 bridgehead atoms. The third-order valence-electron chi connectivity index (χ3n) is 4.81. The first-order valence-electron chi connectivity index (χ1n) is 9.33. The number of benzene rings is 2. The minimum Gasteiger partial charge on any atom is -0.497 e. The second kappa shape index (κ2) is 8.12. The van der Waals surface area contributed by atoms with Gasteiger partial charge in [0, 0.05) is 18.7 Å². The van der Waals surface area contributed by atoms with Gasteiger partial charge in [0.25, 0.3) is 5.91 Å². The molecule has 1 aliphatic heterocycles. The van der Waals surface area contributed by atoms with Gasteiger partial charge >= 0.3 is 6.01 Å². The molecule has 1 amide bonds. The molecule has 1 N–H and O–H groups in total. The maximum atomic E-state index is 12.8. The number of anilines is 1. The molecule has 2 aromatic carbocycles. The zero-order valence-electron chi connectivity index (χ0n) is 15.7. The van der Waals surface area contributed by atoms with Crippen molar-refractivity contribution in [1.82, 2.24) is 15.5 Å². The Bertz CT molecular complexity index is 918. The molecular weight excluding hydrogens is 356 g/mol. The number of rotatable bonds is 6. The second-order valence-electron chi connectivity index (χ2n) is 6.66. The van der Waals surface area contributed by atoms with Gasteiger partial charge in [-0.05, 0) is 42.7 Å². The SMILES string of the molecule is COc1ccc(C(=O)N[C@H](c2ccccc2)c2nnc(N3CCCC3)o2)cc1. The van der Waals surface area contributed by atoms with Crippen LogP contribution in [0.5, 0.6) is 5.75 Å². The molecule has 0 saturated carbocycles. The molecule has 1 aromatic heterocycles. The highest BCUT2D eigenvalue weighted by Gasteiger charge is 2.26. The third-order valence-corrected chi connectivity index (χ3v) is 4.81. The highest BCUT2D eigenvalue weighted by atomic mass is 16.5. The zero-order chi connectivity index (χ0) is 19.3. The fourth-order valence-electron chi connectivity index (χ4n) is 3.27. The van der Waals surface area contributed by atoms with E-state index in [1.165, 1.54) is 0 Å². The van der Waals surface area contributed by atoms with Crippen LogP contribution in [-0.4, -0.2) is 36.3 Å². The minimum atomic E-state index is -0.528. The first-order chi connectivity index (χ1) is 13.7. The lowest BCUT2D eigenvalue weighted by Crippen LogP contribution is -2.29. The van der Waals surface area contributed by atoms with Crippen molar-refractivity contribution >= 4 is 11.9 Å². The lowest BCUT2D eigenvalue weighted by atomic mass is 10.1. The molecule has 1 saturated heterocycles. The van der Waals surface area contributed by atoms with E-state index < -0.39 is 6.04 Å². The number of hydrogen-bond donors (Lipinski definition) is 1. The number of carbonyl (C=O) groups is 1. The van der Waals surface area contributed by atoms with Crippen molar-refractivity contribution in [2.75, 3.05) is 25.1 Å². The summed E-state index contributed by atoms with van der Waals surface area (Å²) in [5.74, 6) is 0.843. The maximum Gasteiger partial charge on any atom is 0.318 e. The van der Waals surface area contributed by atoms with E-state index in [0.29, 0.717) is 23.2 Å². The van der Waals surface area contributed by atoms with E-state index in [1.807, 2.05) is 30.3 Å². The van der Waals surface area contributed by atoms with Gasteiger partial charge < -0.3 is 19.4 Å². The number of ether oxygens (including phenoxy) is 1. The van der Waals surface area contributed by atoms with Crippen LogP contribution in [0.2, 0.25) is 0 Å². The van der Waals surface area contributed by atoms with Crippen molar-refractivity contribution in [2.24, 2.45) is 0 Å². The molecule has 7 nitrogen and oxygen atoms in total. The Morgan fingerprint density at radius 2 is 1.79 bits per heavy atom. The summed E-state index contributed by atoms with van der Waals surface area (Å²) in [4.78, 5) is 14.9. The number of methoxy groups -OCH3 is 1. The van der Waals surface area contributed by atoms with Crippen molar-refractivity contribution in [3.63, 3.8) is 0 Å². The van der Waals surface area contributed by atoms with Gasteiger partial charge in [0.2, 0.25) is 5.89 Å². The summed E-state index contributed by atoms with van der Waals surface area (Å²) in [5.41, 5.74) is 1.40. The third kappa shape index (κ3) is 3.83. The monoisotopic (exact) mass is 378 g/mol. The molecule has 144 valence electrons. The van der Waals surface area contributed by atoms with Crippen LogP contribution in [0.4, 0.5) is 6.01 Å². The Balaban J connectivity index is 1.59. The zero-order valence-corrected chi connectivity index (χ0v) is 15.7. The molecule has 2 heterocycles. The summed E-state index contributed by atoms with van der Waals surface area (Å²) >= 11 is 0. The minimum absolute atomic E-state index is 0.225. The van der Waals surface area contributed by atoms with Gasteiger partial charge in [-0.1, -0.05) is 35.4 Å². The van der Waals surface area contributed by atoms with Crippen LogP contribution in [0.1, 0.15) is 40.7 Å². The van der Waals surface area contributed by atoms with Crippen LogP contribution in [0.3, 0.4) is 0 Å². The standard InChI is InChI=1S/C21H22N4O3/c1-27-17-11-9-16(10-12-17)19(26)22-18(15-7-3-2-4-8-15)20-23-24-21(28-20)25-13-5-6-14-25/h2-4,7-12,18H,5-6,13-14H2,1H3,(H,22,26)/t18-/m1/s1.